The largest absolute Gasteiger partial charge is 0.386 e. The van der Waals surface area contributed by atoms with Crippen LogP contribution in [0.5, 0.6) is 0 Å². The van der Waals surface area contributed by atoms with Crippen LogP contribution in [-0.4, -0.2) is 289 Å². The van der Waals surface area contributed by atoms with Gasteiger partial charge in [0.25, 0.3) is 0 Å². The van der Waals surface area contributed by atoms with E-state index in [1.54, 1.807) is 0 Å². The number of likely N-dealkylation sites (N-methyl/N-ethyl adjacent to an activating group) is 5. The Hall–Kier alpha value is -0.520. The third kappa shape index (κ3) is 51.9. The summed E-state index contributed by atoms with van der Waals surface area (Å²) in [4.78, 5) is 6.94. The molecular weight excluding hydrogens is 997 g/mol. The molecule has 13 nitrogen and oxygen atoms in total. The molecule has 0 aromatic heterocycles. The lowest BCUT2D eigenvalue weighted by molar-refractivity contribution is -0.893. The average Bonchev–Trinajstić information content (AvgIpc) is 3.32. The zero-order valence-electron chi connectivity index (χ0n) is 56.9. The van der Waals surface area contributed by atoms with E-state index < -0.39 is 30.5 Å². The van der Waals surface area contributed by atoms with Crippen molar-refractivity contribution in [3.05, 3.63) is 0 Å². The fourth-order valence-electron chi connectivity index (χ4n) is 12.5. The predicted octanol–water partition coefficient (Wildman–Crippen LogP) is 10.1. The minimum Gasteiger partial charge on any atom is -0.386 e. The number of unbranched alkanes of at least 4 members (excludes halogenated alkanes) is 27. The molecule has 0 saturated heterocycles. The Morgan fingerprint density at radius 2 is 0.412 bits per heavy atom. The van der Waals surface area contributed by atoms with Gasteiger partial charge in [0.15, 0.2) is 0 Å². The van der Waals surface area contributed by atoms with Crippen molar-refractivity contribution < 1.29 is 47.9 Å². The maximum absolute atomic E-state index is 12.0. The lowest BCUT2D eigenvalue weighted by atomic mass is 10.1. The van der Waals surface area contributed by atoms with E-state index in [4.69, 9.17) is 0 Å². The van der Waals surface area contributed by atoms with Crippen LogP contribution < -0.4 is 0 Å². The Labute approximate surface area is 500 Å². The molecule has 5 unspecified atom stereocenters. The molecule has 0 rings (SSSR count). The van der Waals surface area contributed by atoms with E-state index >= 15 is 0 Å². The van der Waals surface area contributed by atoms with Gasteiger partial charge in [-0.05, 0) is 38.5 Å². The summed E-state index contributed by atoms with van der Waals surface area (Å²) in [6, 6.07) is 0. The quantitative estimate of drug-likeness (QED) is 0.0303. The molecule has 80 heavy (non-hydrogen) atoms. The highest BCUT2D eigenvalue weighted by atomic mass is 16.3. The van der Waals surface area contributed by atoms with Crippen molar-refractivity contribution in [2.75, 3.05) is 196 Å². The normalized spacial score (nSPS) is 15.2. The van der Waals surface area contributed by atoms with E-state index in [-0.39, 0.29) is 0 Å². The zero-order valence-corrected chi connectivity index (χ0v) is 56.9. The number of aliphatic hydroxyl groups excluding tert-OH is 5. The first kappa shape index (κ1) is 79.5. The van der Waals surface area contributed by atoms with E-state index in [9.17, 15) is 25.5 Å². The fourth-order valence-corrected chi connectivity index (χ4v) is 12.5. The Morgan fingerprint density at radius 3 is 0.625 bits per heavy atom. The highest BCUT2D eigenvalue weighted by Crippen LogP contribution is 2.17. The third-order valence-corrected chi connectivity index (χ3v) is 16.8. The molecule has 0 saturated carbocycles. The summed E-state index contributed by atoms with van der Waals surface area (Å²) < 4.78 is 3.63. The molecule has 0 fully saturated rings. The molecule has 0 aromatic carbocycles. The van der Waals surface area contributed by atoms with Crippen molar-refractivity contribution in [2.45, 2.75) is 244 Å². The monoisotopic (exact) mass is 1150 g/mol. The highest BCUT2D eigenvalue weighted by molar-refractivity contribution is 4.76. The number of hydrogen-bond donors (Lipinski definition) is 5. The van der Waals surface area contributed by atoms with Gasteiger partial charge in [-0.25, -0.2) is 0 Å². The second-order valence-corrected chi connectivity index (χ2v) is 30.1. The van der Waals surface area contributed by atoms with Crippen molar-refractivity contribution in [1.82, 2.24) is 14.7 Å². The molecule has 0 aliphatic rings. The second-order valence-electron chi connectivity index (χ2n) is 30.1. The van der Waals surface area contributed by atoms with Crippen LogP contribution in [-0.2, 0) is 0 Å². The maximum Gasteiger partial charge on any atom is 0.115 e. The molecular formula is C67H149N8O5+5. The molecule has 0 aromatic rings. The van der Waals surface area contributed by atoms with Crippen molar-refractivity contribution >= 4 is 0 Å². The summed E-state index contributed by atoms with van der Waals surface area (Å²) in [5.41, 5.74) is 0. The van der Waals surface area contributed by atoms with Gasteiger partial charge < -0.3 is 47.9 Å². The fraction of sp³-hybridized carbons (Fsp3) is 1.00. The van der Waals surface area contributed by atoms with E-state index in [2.05, 4.69) is 120 Å². The molecule has 0 spiro atoms. The van der Waals surface area contributed by atoms with Gasteiger partial charge >= 0.3 is 0 Å². The molecule has 0 bridgehead atoms. The minimum atomic E-state index is -0.549. The van der Waals surface area contributed by atoms with E-state index in [0.29, 0.717) is 101 Å². The molecule has 482 valence electrons. The number of quaternary nitrogens is 5. The first-order valence-corrected chi connectivity index (χ1v) is 34.2. The van der Waals surface area contributed by atoms with Gasteiger partial charge in [-0.15, -0.1) is 0 Å². The maximum atomic E-state index is 12.0. The van der Waals surface area contributed by atoms with Gasteiger partial charge in [0.1, 0.15) is 63.2 Å². The van der Waals surface area contributed by atoms with Gasteiger partial charge in [0.2, 0.25) is 0 Å². The number of aliphatic hydroxyl groups is 5. The Kier molecular flexibility index (Phi) is 46.4. The van der Waals surface area contributed by atoms with Crippen LogP contribution in [0.1, 0.15) is 213 Å². The SMILES string of the molecule is CCCCCCCCCCCC[N+](C)(C)CC(O)CN(CCN(CC(O)C[N+](C)(C)C)CC(O)C[N+](C)(C)CCCCCCCCCCCC)CCN(CC(O)C[N+](C)(C)C)CC(O)C[N+](C)(C)CCCCCCCCCCCC. The highest BCUT2D eigenvalue weighted by Gasteiger charge is 2.29. The zero-order chi connectivity index (χ0) is 60.4. The van der Waals surface area contributed by atoms with Gasteiger partial charge in [0, 0.05) is 58.9 Å². The van der Waals surface area contributed by atoms with Crippen LogP contribution in [0.25, 0.3) is 0 Å². The van der Waals surface area contributed by atoms with Crippen LogP contribution in [0.4, 0.5) is 0 Å². The average molecular weight is 1150 g/mol. The topological polar surface area (TPSA) is 111 Å². The van der Waals surface area contributed by atoms with Crippen molar-refractivity contribution in [3.63, 3.8) is 0 Å². The van der Waals surface area contributed by atoms with Gasteiger partial charge in [0.05, 0.1) is 104 Å². The van der Waals surface area contributed by atoms with Gasteiger partial charge in [-0.1, -0.05) is 175 Å². The van der Waals surface area contributed by atoms with Crippen molar-refractivity contribution in [1.29, 1.82) is 0 Å². The van der Waals surface area contributed by atoms with Crippen LogP contribution >= 0.6 is 0 Å². The molecule has 5 N–H and O–H groups in total. The Balaban J connectivity index is 6.28. The Morgan fingerprint density at radius 1 is 0.237 bits per heavy atom. The van der Waals surface area contributed by atoms with Gasteiger partial charge in [-0.2, -0.15) is 0 Å². The molecule has 0 aliphatic heterocycles. The number of hydrogen-bond acceptors (Lipinski definition) is 8. The second kappa shape index (κ2) is 46.7. The van der Waals surface area contributed by atoms with Crippen LogP contribution in [0.2, 0.25) is 0 Å². The molecule has 13 heteroatoms. The summed E-state index contributed by atoms with van der Waals surface area (Å²) in [7, 11) is 26.3. The summed E-state index contributed by atoms with van der Waals surface area (Å²) >= 11 is 0. The molecule has 0 heterocycles. The first-order chi connectivity index (χ1) is 37.6. The van der Waals surface area contributed by atoms with E-state index in [1.807, 2.05) is 0 Å². The smallest absolute Gasteiger partial charge is 0.115 e. The van der Waals surface area contributed by atoms with Crippen LogP contribution in [0, 0.1) is 0 Å². The van der Waals surface area contributed by atoms with Crippen LogP contribution in [0.15, 0.2) is 0 Å². The van der Waals surface area contributed by atoms with Crippen molar-refractivity contribution in [2.24, 2.45) is 0 Å². The van der Waals surface area contributed by atoms with E-state index in [0.717, 1.165) is 33.1 Å². The summed E-state index contributed by atoms with van der Waals surface area (Å²) in [5, 5.41) is 58.8. The predicted molar refractivity (Wildman–Crippen MR) is 346 cm³/mol. The number of rotatable bonds is 59. The first-order valence-electron chi connectivity index (χ1n) is 34.2. The van der Waals surface area contributed by atoms with E-state index in [1.165, 1.54) is 193 Å². The lowest BCUT2D eigenvalue weighted by Gasteiger charge is -2.37. The summed E-state index contributed by atoms with van der Waals surface area (Å²) in [5.74, 6) is 0. The van der Waals surface area contributed by atoms with Crippen molar-refractivity contribution in [3.8, 4) is 0 Å². The van der Waals surface area contributed by atoms with Gasteiger partial charge in [-0.3, -0.25) is 14.7 Å². The number of nitrogens with zero attached hydrogens (tertiary/aromatic N) is 8. The summed E-state index contributed by atoms with van der Waals surface area (Å²) in [6.07, 6.45) is 36.8. The Bertz CT molecular complexity index is 1300. The molecule has 0 radical (unpaired) electrons. The molecule has 0 amide bonds. The van der Waals surface area contributed by atoms with Crippen LogP contribution in [0.3, 0.4) is 0 Å². The third-order valence-electron chi connectivity index (χ3n) is 16.8. The molecule has 5 atom stereocenters. The lowest BCUT2D eigenvalue weighted by Crippen LogP contribution is -2.54. The minimum absolute atomic E-state index is 0.473. The standard InChI is InChI=1S/C67H149N8O5/c1-16-19-22-25-28-31-34-37-40-43-50-73(10,11)60-65(78)53-68(46-48-69(54-63(76)58-71(4,5)6)56-66(79)61-74(12,13)51-44-41-38-35-32-29-26-23-20-17-2)47-49-70(55-64(77)59-72(7,8)9)57-67(80)62-75(14,15)52-45-42-39-36-33-30-27-24-21-18-3/h63-67,76-80H,16-62H2,1-15H3/q+5. The summed E-state index contributed by atoms with van der Waals surface area (Å²) in [6.45, 7) is 18.3. The molecule has 0 aliphatic carbocycles.